The van der Waals surface area contributed by atoms with E-state index < -0.39 is 0 Å². The second kappa shape index (κ2) is 5.28. The van der Waals surface area contributed by atoms with Crippen molar-refractivity contribution in [1.29, 1.82) is 0 Å². The Balaban J connectivity index is 1.34. The van der Waals surface area contributed by atoms with Crippen LogP contribution in [0.4, 0.5) is 11.4 Å². The topological polar surface area (TPSA) is 24.3 Å². The molecule has 2 aromatic rings. The Kier molecular flexibility index (Phi) is 3.04. The highest BCUT2D eigenvalue weighted by atomic mass is 15.4. The molecule has 2 fully saturated rings. The van der Waals surface area contributed by atoms with Gasteiger partial charge in [0.05, 0.1) is 23.4 Å². The highest BCUT2D eigenvalue weighted by molar-refractivity contribution is 5.82. The van der Waals surface area contributed by atoms with Gasteiger partial charge in [0.15, 0.2) is 0 Å². The maximum absolute atomic E-state index is 4.88. The van der Waals surface area contributed by atoms with Gasteiger partial charge in [-0.05, 0) is 60.8 Å². The van der Waals surface area contributed by atoms with Crippen molar-refractivity contribution in [2.75, 3.05) is 23.9 Å². The number of hydrogen-bond donors (Lipinski definition) is 0. The van der Waals surface area contributed by atoms with Crippen LogP contribution in [0.25, 0.3) is 5.57 Å². The lowest BCUT2D eigenvalue weighted by Crippen LogP contribution is -2.20. The molecular weight excluding hydrogens is 332 g/mol. The van der Waals surface area contributed by atoms with Gasteiger partial charge in [0.1, 0.15) is 5.82 Å². The van der Waals surface area contributed by atoms with Crippen molar-refractivity contribution < 1.29 is 0 Å². The average Bonchev–Trinajstić information content (AvgIpc) is 3.57. The van der Waals surface area contributed by atoms with Gasteiger partial charge in [-0.15, -0.1) is 0 Å². The van der Waals surface area contributed by atoms with Crippen LogP contribution in [0.1, 0.15) is 48.6 Å². The standard InChI is InChI=1S/C23H26N4/c1-14-25(2)20-7-4-15(8-21(20)26(14)3)12-27-13-24-22(23(27)16-5-6-16)19-10-17-9-18(17)11-19/h4,7-8,10,13,16-18H,1,5-6,9,11-12H2,2-3H3/t17-,18+/m1/s1. The van der Waals surface area contributed by atoms with Crippen molar-refractivity contribution in [3.05, 3.63) is 60.0 Å². The number of anilines is 2. The van der Waals surface area contributed by atoms with Gasteiger partial charge < -0.3 is 14.4 Å². The minimum absolute atomic E-state index is 0.711. The maximum Gasteiger partial charge on any atom is 0.105 e. The molecule has 1 aromatic heterocycles. The van der Waals surface area contributed by atoms with Crippen LogP contribution in [0.5, 0.6) is 0 Å². The van der Waals surface area contributed by atoms with E-state index in [1.165, 1.54) is 59.6 Å². The zero-order valence-electron chi connectivity index (χ0n) is 16.2. The van der Waals surface area contributed by atoms with Gasteiger partial charge in [-0.1, -0.05) is 18.7 Å². The summed E-state index contributed by atoms with van der Waals surface area (Å²) in [7, 11) is 4.18. The summed E-state index contributed by atoms with van der Waals surface area (Å²) in [6, 6.07) is 6.79. The van der Waals surface area contributed by atoms with Gasteiger partial charge in [0.2, 0.25) is 0 Å². The fraction of sp³-hybridized carbons (Fsp3) is 0.435. The van der Waals surface area contributed by atoms with E-state index >= 15 is 0 Å². The Morgan fingerprint density at radius 3 is 2.70 bits per heavy atom. The van der Waals surface area contributed by atoms with E-state index in [2.05, 4.69) is 65.6 Å². The van der Waals surface area contributed by atoms with Crippen molar-refractivity contribution in [2.24, 2.45) is 11.8 Å². The Morgan fingerprint density at radius 2 is 1.96 bits per heavy atom. The van der Waals surface area contributed by atoms with Crippen molar-refractivity contribution in [2.45, 2.75) is 38.1 Å². The van der Waals surface area contributed by atoms with Gasteiger partial charge in [-0.2, -0.15) is 0 Å². The lowest BCUT2D eigenvalue weighted by molar-refractivity contribution is 0.740. The number of imidazole rings is 1. The summed E-state index contributed by atoms with van der Waals surface area (Å²) >= 11 is 0. The molecule has 2 heterocycles. The summed E-state index contributed by atoms with van der Waals surface area (Å²) in [5.74, 6) is 3.52. The third-order valence-electron chi connectivity index (χ3n) is 6.91. The number of aromatic nitrogens is 2. The highest BCUT2D eigenvalue weighted by Crippen LogP contribution is 2.54. The molecule has 0 unspecified atom stereocenters. The summed E-state index contributed by atoms with van der Waals surface area (Å²) in [4.78, 5) is 9.21. The van der Waals surface area contributed by atoms with E-state index in [-0.39, 0.29) is 0 Å². The summed E-state index contributed by atoms with van der Waals surface area (Å²) in [6.45, 7) is 5.08. The van der Waals surface area contributed by atoms with Crippen LogP contribution >= 0.6 is 0 Å². The molecule has 0 saturated heterocycles. The molecule has 6 rings (SSSR count). The van der Waals surface area contributed by atoms with E-state index in [1.54, 1.807) is 0 Å². The zero-order chi connectivity index (χ0) is 18.3. The Bertz CT molecular complexity index is 994. The third kappa shape index (κ3) is 2.32. The van der Waals surface area contributed by atoms with Gasteiger partial charge in [-0.25, -0.2) is 4.98 Å². The molecule has 138 valence electrons. The molecule has 2 saturated carbocycles. The first-order valence-corrected chi connectivity index (χ1v) is 10.2. The molecular formula is C23H26N4. The van der Waals surface area contributed by atoms with E-state index in [4.69, 9.17) is 4.98 Å². The SMILES string of the molecule is C=C1N(C)c2ccc(Cn3cnc(C4=C[C@H]5C[C@H]5C4)c3C3CC3)cc2N1C. The van der Waals surface area contributed by atoms with Gasteiger partial charge in [-0.3, -0.25) is 0 Å². The summed E-state index contributed by atoms with van der Waals surface area (Å²) < 4.78 is 2.41. The molecule has 3 aliphatic carbocycles. The Labute approximate surface area is 160 Å². The van der Waals surface area contributed by atoms with Crippen LogP contribution in [0, 0.1) is 11.8 Å². The molecule has 4 heteroatoms. The molecule has 0 amide bonds. The number of benzene rings is 1. The molecule has 1 aromatic carbocycles. The first kappa shape index (κ1) is 15.6. The van der Waals surface area contributed by atoms with E-state index in [9.17, 15) is 0 Å². The lowest BCUT2D eigenvalue weighted by Gasteiger charge is -2.15. The van der Waals surface area contributed by atoms with Gasteiger partial charge in [0, 0.05) is 32.3 Å². The van der Waals surface area contributed by atoms with E-state index in [1.807, 2.05) is 0 Å². The third-order valence-corrected chi connectivity index (χ3v) is 6.91. The largest absolute Gasteiger partial charge is 0.330 e. The number of rotatable bonds is 4. The predicted molar refractivity (Wildman–Crippen MR) is 110 cm³/mol. The fourth-order valence-corrected chi connectivity index (χ4v) is 4.96. The second-order valence-electron chi connectivity index (χ2n) is 8.79. The monoisotopic (exact) mass is 358 g/mol. The number of allylic oxidation sites excluding steroid dienone is 2. The molecule has 0 bridgehead atoms. The van der Waals surface area contributed by atoms with Crippen LogP contribution in [0.3, 0.4) is 0 Å². The molecule has 4 nitrogen and oxygen atoms in total. The van der Waals surface area contributed by atoms with Crippen LogP contribution in [0.15, 0.2) is 43.0 Å². The van der Waals surface area contributed by atoms with E-state index in [0.29, 0.717) is 5.92 Å². The smallest absolute Gasteiger partial charge is 0.105 e. The minimum Gasteiger partial charge on any atom is -0.330 e. The average molecular weight is 358 g/mol. The predicted octanol–water partition coefficient (Wildman–Crippen LogP) is 4.59. The molecule has 0 spiro atoms. The fourth-order valence-electron chi connectivity index (χ4n) is 4.96. The van der Waals surface area contributed by atoms with Crippen molar-refractivity contribution in [1.82, 2.24) is 9.55 Å². The molecule has 0 N–H and O–H groups in total. The summed E-state index contributed by atoms with van der Waals surface area (Å²) in [5.41, 5.74) is 8.11. The van der Waals surface area contributed by atoms with Crippen LogP contribution in [0.2, 0.25) is 0 Å². The maximum atomic E-state index is 4.88. The molecule has 4 aliphatic rings. The zero-order valence-corrected chi connectivity index (χ0v) is 16.2. The first-order valence-electron chi connectivity index (χ1n) is 10.2. The lowest BCUT2D eigenvalue weighted by atomic mass is 10.0. The summed E-state index contributed by atoms with van der Waals surface area (Å²) in [6.07, 6.45) is 9.88. The molecule has 0 radical (unpaired) electrons. The van der Waals surface area contributed by atoms with Crippen molar-refractivity contribution in [3.8, 4) is 0 Å². The minimum atomic E-state index is 0.711. The molecule has 2 atom stereocenters. The van der Waals surface area contributed by atoms with Crippen LogP contribution < -0.4 is 9.80 Å². The number of hydrogen-bond acceptors (Lipinski definition) is 3. The molecule has 1 aliphatic heterocycles. The Morgan fingerprint density at radius 1 is 1.15 bits per heavy atom. The van der Waals surface area contributed by atoms with Crippen LogP contribution in [-0.4, -0.2) is 23.6 Å². The van der Waals surface area contributed by atoms with Gasteiger partial charge in [0.25, 0.3) is 0 Å². The number of nitrogens with zero attached hydrogens (tertiary/aromatic N) is 4. The second-order valence-corrected chi connectivity index (χ2v) is 8.79. The van der Waals surface area contributed by atoms with Gasteiger partial charge >= 0.3 is 0 Å². The number of fused-ring (bicyclic) bond motifs is 2. The highest BCUT2D eigenvalue weighted by Gasteiger charge is 2.43. The summed E-state index contributed by atoms with van der Waals surface area (Å²) in [5, 5.41) is 0. The normalized spacial score (nSPS) is 25.7. The van der Waals surface area contributed by atoms with Crippen molar-refractivity contribution in [3.63, 3.8) is 0 Å². The quantitative estimate of drug-likeness (QED) is 0.799. The first-order chi connectivity index (χ1) is 13.1. The Hall–Kier alpha value is -2.49. The molecule has 27 heavy (non-hydrogen) atoms. The van der Waals surface area contributed by atoms with Crippen molar-refractivity contribution >= 4 is 16.9 Å². The van der Waals surface area contributed by atoms with E-state index in [0.717, 1.165) is 24.2 Å². The van der Waals surface area contributed by atoms with Crippen LogP contribution in [-0.2, 0) is 6.54 Å².